The standard InChI is InChI=1S/C16H23N3/c1-13-5-7-14(8-6-13)19-11-15(9-10-17)18(4)16(2,3)12-19/h5-8,15H,9,11-12H2,1-4H3. The Hall–Kier alpha value is -1.53. The van der Waals surface area contributed by atoms with Crippen molar-refractivity contribution in [3.05, 3.63) is 29.8 Å². The molecule has 19 heavy (non-hydrogen) atoms. The molecule has 1 aliphatic rings. The summed E-state index contributed by atoms with van der Waals surface area (Å²) in [6, 6.07) is 11.3. The van der Waals surface area contributed by atoms with Gasteiger partial charge in [-0.25, -0.2) is 0 Å². The van der Waals surface area contributed by atoms with Gasteiger partial charge in [0.2, 0.25) is 0 Å². The largest absolute Gasteiger partial charge is 0.368 e. The third-order valence-electron chi connectivity index (χ3n) is 4.24. The zero-order chi connectivity index (χ0) is 14.0. The summed E-state index contributed by atoms with van der Waals surface area (Å²) in [4.78, 5) is 4.75. The number of benzene rings is 1. The van der Waals surface area contributed by atoms with E-state index in [4.69, 9.17) is 5.26 Å². The number of anilines is 1. The molecule has 3 nitrogen and oxygen atoms in total. The van der Waals surface area contributed by atoms with Gasteiger partial charge in [0.15, 0.2) is 0 Å². The highest BCUT2D eigenvalue weighted by molar-refractivity contribution is 5.48. The normalized spacial score (nSPS) is 23.1. The van der Waals surface area contributed by atoms with Crippen molar-refractivity contribution in [1.29, 1.82) is 5.26 Å². The molecule has 0 amide bonds. The van der Waals surface area contributed by atoms with Crippen molar-refractivity contribution in [2.45, 2.75) is 38.8 Å². The monoisotopic (exact) mass is 257 g/mol. The second kappa shape index (κ2) is 5.22. The molecule has 2 rings (SSSR count). The molecule has 3 heteroatoms. The zero-order valence-corrected chi connectivity index (χ0v) is 12.3. The summed E-state index contributed by atoms with van der Waals surface area (Å²) in [5.74, 6) is 0. The van der Waals surface area contributed by atoms with Crippen LogP contribution in [0.15, 0.2) is 24.3 Å². The topological polar surface area (TPSA) is 30.3 Å². The number of hydrogen-bond donors (Lipinski definition) is 0. The molecule has 1 heterocycles. The lowest BCUT2D eigenvalue weighted by atomic mass is 9.94. The Bertz CT molecular complexity index is 470. The zero-order valence-electron chi connectivity index (χ0n) is 12.3. The number of rotatable bonds is 2. The first-order valence-electron chi connectivity index (χ1n) is 6.85. The average molecular weight is 257 g/mol. The summed E-state index contributed by atoms with van der Waals surface area (Å²) in [7, 11) is 2.13. The van der Waals surface area contributed by atoms with Gasteiger partial charge in [0.25, 0.3) is 0 Å². The van der Waals surface area contributed by atoms with E-state index in [0.29, 0.717) is 12.5 Å². The van der Waals surface area contributed by atoms with Crippen molar-refractivity contribution >= 4 is 5.69 Å². The second-order valence-electron chi connectivity index (χ2n) is 6.16. The number of nitrogens with zero attached hydrogens (tertiary/aromatic N) is 3. The van der Waals surface area contributed by atoms with Crippen LogP contribution in [0, 0.1) is 18.3 Å². The molecule has 1 aliphatic heterocycles. The van der Waals surface area contributed by atoms with Crippen molar-refractivity contribution in [3.63, 3.8) is 0 Å². The molecule has 0 spiro atoms. The van der Waals surface area contributed by atoms with E-state index in [0.717, 1.165) is 13.1 Å². The van der Waals surface area contributed by atoms with Gasteiger partial charge in [-0.3, -0.25) is 4.90 Å². The Kier molecular flexibility index (Phi) is 3.82. The van der Waals surface area contributed by atoms with E-state index in [1.54, 1.807) is 0 Å². The van der Waals surface area contributed by atoms with Crippen LogP contribution < -0.4 is 4.90 Å². The second-order valence-corrected chi connectivity index (χ2v) is 6.16. The fourth-order valence-electron chi connectivity index (χ4n) is 2.77. The van der Waals surface area contributed by atoms with Crippen LogP contribution >= 0.6 is 0 Å². The van der Waals surface area contributed by atoms with Gasteiger partial charge in [0, 0.05) is 30.4 Å². The van der Waals surface area contributed by atoms with Crippen molar-refractivity contribution in [2.75, 3.05) is 25.0 Å². The van der Waals surface area contributed by atoms with E-state index in [9.17, 15) is 0 Å². The highest BCUT2D eigenvalue weighted by Gasteiger charge is 2.37. The number of aryl methyl sites for hydroxylation is 1. The third-order valence-corrected chi connectivity index (χ3v) is 4.24. The Balaban J connectivity index is 2.23. The highest BCUT2D eigenvalue weighted by Crippen LogP contribution is 2.28. The molecule has 102 valence electrons. The van der Waals surface area contributed by atoms with Crippen LogP contribution in [0.1, 0.15) is 25.8 Å². The minimum absolute atomic E-state index is 0.0879. The van der Waals surface area contributed by atoms with Crippen LogP contribution in [0.4, 0.5) is 5.69 Å². The molecule has 1 saturated heterocycles. The predicted octanol–water partition coefficient (Wildman–Crippen LogP) is 2.81. The fraction of sp³-hybridized carbons (Fsp3) is 0.562. The van der Waals surface area contributed by atoms with Gasteiger partial charge in [0.1, 0.15) is 0 Å². The van der Waals surface area contributed by atoms with E-state index in [2.05, 4.69) is 68.0 Å². The molecule has 1 unspecified atom stereocenters. The number of piperazine rings is 1. The van der Waals surface area contributed by atoms with Crippen molar-refractivity contribution in [2.24, 2.45) is 0 Å². The van der Waals surface area contributed by atoms with Crippen molar-refractivity contribution < 1.29 is 0 Å². The number of likely N-dealkylation sites (N-methyl/N-ethyl adjacent to an activating group) is 1. The summed E-state index contributed by atoms with van der Waals surface area (Å²) in [5.41, 5.74) is 2.63. The maximum atomic E-state index is 9.00. The highest BCUT2D eigenvalue weighted by atomic mass is 15.3. The van der Waals surface area contributed by atoms with Crippen LogP contribution in [0.25, 0.3) is 0 Å². The molecular formula is C16H23N3. The molecule has 0 aromatic heterocycles. The van der Waals surface area contributed by atoms with E-state index in [1.165, 1.54) is 11.3 Å². The Labute approximate surface area is 116 Å². The van der Waals surface area contributed by atoms with E-state index >= 15 is 0 Å². The first-order chi connectivity index (χ1) is 8.94. The Morgan fingerprint density at radius 1 is 1.32 bits per heavy atom. The summed E-state index contributed by atoms with van der Waals surface area (Å²) in [6.45, 7) is 8.52. The molecule has 1 atom stereocenters. The molecule has 0 saturated carbocycles. The van der Waals surface area contributed by atoms with Gasteiger partial charge in [-0.05, 0) is 40.0 Å². The van der Waals surface area contributed by atoms with Crippen LogP contribution in [-0.2, 0) is 0 Å². The number of hydrogen-bond acceptors (Lipinski definition) is 3. The van der Waals surface area contributed by atoms with Gasteiger partial charge in [-0.2, -0.15) is 5.26 Å². The first-order valence-corrected chi connectivity index (χ1v) is 6.85. The first kappa shape index (κ1) is 13.9. The summed E-state index contributed by atoms with van der Waals surface area (Å²) >= 11 is 0. The minimum atomic E-state index is 0.0879. The molecule has 1 aromatic carbocycles. The lowest BCUT2D eigenvalue weighted by Crippen LogP contribution is -2.62. The lowest BCUT2D eigenvalue weighted by molar-refractivity contribution is 0.0826. The predicted molar refractivity (Wildman–Crippen MR) is 79.3 cm³/mol. The van der Waals surface area contributed by atoms with E-state index in [-0.39, 0.29) is 5.54 Å². The molecule has 0 radical (unpaired) electrons. The maximum absolute atomic E-state index is 9.00. The van der Waals surface area contributed by atoms with Crippen molar-refractivity contribution in [1.82, 2.24) is 4.90 Å². The average Bonchev–Trinajstić information content (AvgIpc) is 2.36. The lowest BCUT2D eigenvalue weighted by Gasteiger charge is -2.50. The molecule has 0 bridgehead atoms. The van der Waals surface area contributed by atoms with Gasteiger partial charge >= 0.3 is 0 Å². The van der Waals surface area contributed by atoms with E-state index in [1.807, 2.05) is 0 Å². The molecule has 1 fully saturated rings. The van der Waals surface area contributed by atoms with Gasteiger partial charge in [0.05, 0.1) is 12.5 Å². The SMILES string of the molecule is Cc1ccc(N2CC(CC#N)N(C)C(C)(C)C2)cc1. The smallest absolute Gasteiger partial charge is 0.0638 e. The van der Waals surface area contributed by atoms with E-state index < -0.39 is 0 Å². The minimum Gasteiger partial charge on any atom is -0.368 e. The molecule has 0 N–H and O–H groups in total. The van der Waals surface area contributed by atoms with Gasteiger partial charge in [-0.15, -0.1) is 0 Å². The Morgan fingerprint density at radius 3 is 2.53 bits per heavy atom. The molecule has 1 aromatic rings. The summed E-state index contributed by atoms with van der Waals surface area (Å²) < 4.78 is 0. The molecule has 0 aliphatic carbocycles. The fourth-order valence-corrected chi connectivity index (χ4v) is 2.77. The van der Waals surface area contributed by atoms with Crippen LogP contribution in [0.3, 0.4) is 0 Å². The van der Waals surface area contributed by atoms with Crippen molar-refractivity contribution in [3.8, 4) is 6.07 Å². The third kappa shape index (κ3) is 2.90. The quantitative estimate of drug-likeness (QED) is 0.816. The van der Waals surface area contributed by atoms with Gasteiger partial charge in [-0.1, -0.05) is 17.7 Å². The molecular weight excluding hydrogens is 234 g/mol. The van der Waals surface area contributed by atoms with Crippen LogP contribution in [0.5, 0.6) is 0 Å². The Morgan fingerprint density at radius 2 is 1.95 bits per heavy atom. The van der Waals surface area contributed by atoms with Gasteiger partial charge < -0.3 is 4.90 Å². The van der Waals surface area contributed by atoms with Crippen LogP contribution in [0.2, 0.25) is 0 Å². The summed E-state index contributed by atoms with van der Waals surface area (Å²) in [5, 5.41) is 9.00. The number of nitriles is 1. The summed E-state index contributed by atoms with van der Waals surface area (Å²) in [6.07, 6.45) is 0.586. The van der Waals surface area contributed by atoms with Crippen LogP contribution in [-0.4, -0.2) is 36.6 Å². The maximum Gasteiger partial charge on any atom is 0.0638 e.